The molecule has 1 aromatic carbocycles. The minimum atomic E-state index is -0.500. The summed E-state index contributed by atoms with van der Waals surface area (Å²) in [4.78, 5) is 24.8. The molecule has 102 valence electrons. The number of hydrogen-bond donors (Lipinski definition) is 2. The maximum Gasteiger partial charge on any atom is 0.324 e. The molecule has 0 unspecified atom stereocenters. The lowest BCUT2D eigenvalue weighted by molar-refractivity contribution is -0.128. The molecule has 1 aliphatic heterocycles. The smallest absolute Gasteiger partial charge is 0.324 e. The van der Waals surface area contributed by atoms with Crippen molar-refractivity contribution in [1.82, 2.24) is 10.2 Å². The van der Waals surface area contributed by atoms with E-state index in [2.05, 4.69) is 10.6 Å². The van der Waals surface area contributed by atoms with Crippen LogP contribution in [0.1, 0.15) is 6.92 Å². The van der Waals surface area contributed by atoms with Crippen LogP contribution in [0.5, 0.6) is 5.75 Å². The highest BCUT2D eigenvalue weighted by molar-refractivity contribution is 5.99. The highest BCUT2D eigenvalue weighted by Gasteiger charge is 2.29. The van der Waals surface area contributed by atoms with Crippen molar-refractivity contribution in [3.8, 4) is 5.75 Å². The molecule has 0 radical (unpaired) electrons. The SMILES string of the molecule is COc1ccccc1N[C@@H](C)C(=O)N1CCNC1=O. The number of para-hydroxylation sites is 2. The van der Waals surface area contributed by atoms with E-state index in [1.54, 1.807) is 14.0 Å². The van der Waals surface area contributed by atoms with Crippen LogP contribution in [-0.4, -0.2) is 43.1 Å². The van der Waals surface area contributed by atoms with Gasteiger partial charge in [0.2, 0.25) is 0 Å². The van der Waals surface area contributed by atoms with Gasteiger partial charge in [-0.05, 0) is 19.1 Å². The standard InChI is InChI=1S/C13H17N3O3/c1-9(12(17)16-8-7-14-13(16)18)15-10-5-3-4-6-11(10)19-2/h3-6,9,15H,7-8H2,1-2H3,(H,14,18)/t9-/m0/s1. The minimum absolute atomic E-state index is 0.249. The Morgan fingerprint density at radius 2 is 2.21 bits per heavy atom. The number of rotatable bonds is 4. The Hall–Kier alpha value is -2.24. The summed E-state index contributed by atoms with van der Waals surface area (Å²) < 4.78 is 5.21. The summed E-state index contributed by atoms with van der Waals surface area (Å²) in [6.07, 6.45) is 0. The third-order valence-electron chi connectivity index (χ3n) is 2.97. The number of amides is 3. The number of urea groups is 1. The van der Waals surface area contributed by atoms with Crippen molar-refractivity contribution in [2.45, 2.75) is 13.0 Å². The topological polar surface area (TPSA) is 70.7 Å². The number of imide groups is 1. The molecule has 6 heteroatoms. The van der Waals surface area contributed by atoms with Gasteiger partial charge in [-0.25, -0.2) is 4.79 Å². The lowest BCUT2D eigenvalue weighted by Gasteiger charge is -2.20. The number of ether oxygens (including phenoxy) is 1. The fourth-order valence-electron chi connectivity index (χ4n) is 1.97. The maximum absolute atomic E-state index is 12.1. The molecular weight excluding hydrogens is 246 g/mol. The third kappa shape index (κ3) is 2.78. The molecule has 0 aromatic heterocycles. The van der Waals surface area contributed by atoms with E-state index < -0.39 is 6.04 Å². The van der Waals surface area contributed by atoms with Gasteiger partial charge >= 0.3 is 6.03 Å². The number of carbonyl (C=O) groups excluding carboxylic acids is 2. The molecule has 2 rings (SSSR count). The predicted molar refractivity (Wildman–Crippen MR) is 71.2 cm³/mol. The van der Waals surface area contributed by atoms with Crippen LogP contribution < -0.4 is 15.4 Å². The molecule has 0 saturated carbocycles. The van der Waals surface area contributed by atoms with Gasteiger partial charge in [-0.1, -0.05) is 12.1 Å². The second kappa shape index (κ2) is 5.60. The summed E-state index contributed by atoms with van der Waals surface area (Å²) in [5, 5.41) is 5.67. The van der Waals surface area contributed by atoms with Gasteiger partial charge in [0.1, 0.15) is 11.8 Å². The number of anilines is 1. The number of hydrogen-bond acceptors (Lipinski definition) is 4. The molecule has 3 amide bonds. The van der Waals surface area contributed by atoms with E-state index in [-0.39, 0.29) is 11.9 Å². The Bertz CT molecular complexity index is 490. The van der Waals surface area contributed by atoms with Crippen LogP contribution in [0.4, 0.5) is 10.5 Å². The zero-order valence-corrected chi connectivity index (χ0v) is 11.0. The van der Waals surface area contributed by atoms with E-state index in [9.17, 15) is 9.59 Å². The second-order valence-corrected chi connectivity index (χ2v) is 4.29. The Morgan fingerprint density at radius 1 is 1.47 bits per heavy atom. The van der Waals surface area contributed by atoms with Gasteiger partial charge in [-0.15, -0.1) is 0 Å². The molecule has 1 heterocycles. The van der Waals surface area contributed by atoms with Crippen LogP contribution >= 0.6 is 0 Å². The fraction of sp³-hybridized carbons (Fsp3) is 0.385. The molecule has 1 fully saturated rings. The van der Waals surface area contributed by atoms with Crippen molar-refractivity contribution < 1.29 is 14.3 Å². The van der Waals surface area contributed by atoms with Crippen LogP contribution in [0.2, 0.25) is 0 Å². The molecule has 1 saturated heterocycles. The highest BCUT2D eigenvalue weighted by Crippen LogP contribution is 2.24. The summed E-state index contributed by atoms with van der Waals surface area (Å²) in [5.41, 5.74) is 0.727. The lowest BCUT2D eigenvalue weighted by atomic mass is 10.2. The van der Waals surface area contributed by atoms with E-state index in [4.69, 9.17) is 4.74 Å². The monoisotopic (exact) mass is 263 g/mol. The minimum Gasteiger partial charge on any atom is -0.495 e. The highest BCUT2D eigenvalue weighted by atomic mass is 16.5. The molecule has 0 spiro atoms. The predicted octanol–water partition coefficient (Wildman–Crippen LogP) is 1.05. The molecule has 0 aliphatic carbocycles. The van der Waals surface area contributed by atoms with Gasteiger partial charge < -0.3 is 15.4 Å². The molecule has 1 aromatic rings. The first-order valence-electron chi connectivity index (χ1n) is 6.12. The number of nitrogens with zero attached hydrogens (tertiary/aromatic N) is 1. The summed E-state index contributed by atoms with van der Waals surface area (Å²) in [6.45, 7) is 2.64. The third-order valence-corrected chi connectivity index (χ3v) is 2.97. The van der Waals surface area contributed by atoms with Gasteiger partial charge in [-0.2, -0.15) is 0 Å². The van der Waals surface area contributed by atoms with Gasteiger partial charge in [0.15, 0.2) is 0 Å². The van der Waals surface area contributed by atoms with Crippen molar-refractivity contribution in [2.75, 3.05) is 25.5 Å². The molecule has 6 nitrogen and oxygen atoms in total. The zero-order chi connectivity index (χ0) is 13.8. The van der Waals surface area contributed by atoms with E-state index in [0.717, 1.165) is 5.69 Å². The molecule has 19 heavy (non-hydrogen) atoms. The largest absolute Gasteiger partial charge is 0.495 e. The van der Waals surface area contributed by atoms with Gasteiger partial charge in [-0.3, -0.25) is 9.69 Å². The Balaban J connectivity index is 2.06. The number of methoxy groups -OCH3 is 1. The van der Waals surface area contributed by atoms with E-state index >= 15 is 0 Å². The lowest BCUT2D eigenvalue weighted by Crippen LogP contribution is -2.43. The Kier molecular flexibility index (Phi) is 3.89. The van der Waals surface area contributed by atoms with Gasteiger partial charge in [0.25, 0.3) is 5.91 Å². The molecule has 1 aliphatic rings. The molecule has 2 N–H and O–H groups in total. The van der Waals surface area contributed by atoms with Crippen molar-refractivity contribution in [3.05, 3.63) is 24.3 Å². The Morgan fingerprint density at radius 3 is 2.84 bits per heavy atom. The van der Waals surface area contributed by atoms with Crippen LogP contribution in [0, 0.1) is 0 Å². The first kappa shape index (κ1) is 13.2. The van der Waals surface area contributed by atoms with E-state index in [1.807, 2.05) is 24.3 Å². The summed E-state index contributed by atoms with van der Waals surface area (Å²) in [7, 11) is 1.57. The number of benzene rings is 1. The van der Waals surface area contributed by atoms with Crippen LogP contribution in [0.25, 0.3) is 0 Å². The summed E-state index contributed by atoms with van der Waals surface area (Å²) >= 11 is 0. The van der Waals surface area contributed by atoms with Gasteiger partial charge in [0.05, 0.1) is 12.8 Å². The zero-order valence-electron chi connectivity index (χ0n) is 11.0. The van der Waals surface area contributed by atoms with Crippen molar-refractivity contribution >= 4 is 17.6 Å². The fourth-order valence-corrected chi connectivity index (χ4v) is 1.97. The van der Waals surface area contributed by atoms with Crippen LogP contribution in [-0.2, 0) is 4.79 Å². The van der Waals surface area contributed by atoms with Gasteiger partial charge in [0, 0.05) is 13.1 Å². The normalized spacial score (nSPS) is 15.9. The van der Waals surface area contributed by atoms with Crippen molar-refractivity contribution in [1.29, 1.82) is 0 Å². The number of carbonyl (C=O) groups is 2. The maximum atomic E-state index is 12.1. The van der Waals surface area contributed by atoms with Crippen LogP contribution in [0.15, 0.2) is 24.3 Å². The first-order valence-corrected chi connectivity index (χ1v) is 6.12. The molecule has 1 atom stereocenters. The van der Waals surface area contributed by atoms with E-state index in [0.29, 0.717) is 18.8 Å². The van der Waals surface area contributed by atoms with E-state index in [1.165, 1.54) is 4.90 Å². The quantitative estimate of drug-likeness (QED) is 0.851. The molecular formula is C13H17N3O3. The number of nitrogens with one attached hydrogen (secondary N) is 2. The average Bonchev–Trinajstić information content (AvgIpc) is 2.84. The summed E-state index contributed by atoms with van der Waals surface area (Å²) in [6, 6.07) is 6.50. The average molecular weight is 263 g/mol. The first-order chi connectivity index (χ1) is 9.13. The Labute approximate surface area is 111 Å². The second-order valence-electron chi connectivity index (χ2n) is 4.29. The van der Waals surface area contributed by atoms with Crippen molar-refractivity contribution in [2.24, 2.45) is 0 Å². The van der Waals surface area contributed by atoms with Crippen LogP contribution in [0.3, 0.4) is 0 Å². The van der Waals surface area contributed by atoms with Crippen molar-refractivity contribution in [3.63, 3.8) is 0 Å². The summed E-state index contributed by atoms with van der Waals surface area (Å²) in [5.74, 6) is 0.411. The molecule has 0 bridgehead atoms.